The minimum Gasteiger partial charge on any atom is -0.485 e. The van der Waals surface area contributed by atoms with Crippen molar-refractivity contribution in [3.05, 3.63) is 86.3 Å². The van der Waals surface area contributed by atoms with Gasteiger partial charge in [0.25, 0.3) is 5.56 Å². The Bertz CT molecular complexity index is 1430. The fourth-order valence-electron chi connectivity index (χ4n) is 3.24. The maximum Gasteiger partial charge on any atom is 0.277 e. The molecule has 190 valence electrons. The van der Waals surface area contributed by atoms with Crippen molar-refractivity contribution >= 4 is 23.1 Å². The molecule has 0 spiro atoms. The third-order valence-electron chi connectivity index (χ3n) is 5.37. The lowest BCUT2D eigenvalue weighted by Crippen LogP contribution is -2.22. The summed E-state index contributed by atoms with van der Waals surface area (Å²) in [5, 5.41) is -0.193. The topological polar surface area (TPSA) is 95.4 Å². The summed E-state index contributed by atoms with van der Waals surface area (Å²) < 4.78 is 34.0. The molecule has 10 heteroatoms. The van der Waals surface area contributed by atoms with Crippen LogP contribution in [0.25, 0.3) is 5.69 Å². The van der Waals surface area contributed by atoms with Crippen molar-refractivity contribution in [1.82, 2.24) is 14.5 Å². The molecule has 0 saturated heterocycles. The van der Waals surface area contributed by atoms with E-state index in [0.717, 1.165) is 11.8 Å². The van der Waals surface area contributed by atoms with Gasteiger partial charge >= 0.3 is 0 Å². The van der Waals surface area contributed by atoms with E-state index in [1.165, 1.54) is 4.57 Å². The molecule has 0 saturated carbocycles. The number of nitrogens with two attached hydrogens (primary N) is 1. The average molecular weight is 516 g/mol. The van der Waals surface area contributed by atoms with Gasteiger partial charge < -0.3 is 10.5 Å². The average Bonchev–Trinajstić information content (AvgIpc) is 2.77. The molecule has 0 aliphatic rings. The van der Waals surface area contributed by atoms with Crippen LogP contribution in [0.4, 0.5) is 14.6 Å². The Labute approximate surface area is 213 Å². The van der Waals surface area contributed by atoms with Gasteiger partial charge in [-0.15, -0.1) is 0 Å². The first-order valence-electron chi connectivity index (χ1n) is 11.1. The molecule has 0 radical (unpaired) electrons. The van der Waals surface area contributed by atoms with Crippen molar-refractivity contribution in [1.29, 1.82) is 0 Å². The molecule has 36 heavy (non-hydrogen) atoms. The van der Waals surface area contributed by atoms with Gasteiger partial charge in [-0.3, -0.25) is 14.3 Å². The molecule has 0 aromatic carbocycles. The standard InChI is InChI=1S/C26H28ClF2N5O2/c1-14-11-32-23(33-15(2)7-22(30)26(4,5)6)10-20(14)34-16(3)8-21(24(27)25(34)35)36-13-19-18(29)9-17(28)12-31-19/h7-12H,13,30H2,1-6H3. The summed E-state index contributed by atoms with van der Waals surface area (Å²) >= 11 is 6.33. The normalized spacial score (nSPS) is 12.7. The molecule has 0 atom stereocenters. The van der Waals surface area contributed by atoms with E-state index in [-0.39, 0.29) is 28.5 Å². The molecule has 0 amide bonds. The number of hydrogen-bond acceptors (Lipinski definition) is 6. The second-order valence-electron chi connectivity index (χ2n) is 9.41. The molecule has 0 bridgehead atoms. The van der Waals surface area contributed by atoms with Crippen LogP contribution in [0.1, 0.15) is 44.6 Å². The maximum absolute atomic E-state index is 13.9. The van der Waals surface area contributed by atoms with E-state index in [4.69, 9.17) is 22.1 Å². The highest BCUT2D eigenvalue weighted by atomic mass is 35.5. The van der Waals surface area contributed by atoms with Crippen molar-refractivity contribution in [3.8, 4) is 11.4 Å². The second-order valence-corrected chi connectivity index (χ2v) is 9.79. The van der Waals surface area contributed by atoms with Crippen LogP contribution in [0.15, 0.2) is 52.2 Å². The van der Waals surface area contributed by atoms with Crippen LogP contribution in [-0.2, 0) is 6.61 Å². The third-order valence-corrected chi connectivity index (χ3v) is 5.72. The summed E-state index contributed by atoms with van der Waals surface area (Å²) in [4.78, 5) is 25.8. The number of aryl methyl sites for hydroxylation is 2. The van der Waals surface area contributed by atoms with E-state index < -0.39 is 17.2 Å². The van der Waals surface area contributed by atoms with E-state index in [2.05, 4.69) is 15.0 Å². The minimum absolute atomic E-state index is 0.0598. The Kier molecular flexibility index (Phi) is 7.93. The Balaban J connectivity index is 1.97. The Morgan fingerprint density at radius 1 is 1.19 bits per heavy atom. The number of halogens is 3. The molecule has 2 N–H and O–H groups in total. The Hall–Kier alpha value is -3.59. The zero-order valence-electron chi connectivity index (χ0n) is 21.0. The molecule has 3 aromatic rings. The highest BCUT2D eigenvalue weighted by molar-refractivity contribution is 6.31. The summed E-state index contributed by atoms with van der Waals surface area (Å²) in [7, 11) is 0. The predicted molar refractivity (Wildman–Crippen MR) is 137 cm³/mol. The molecular weight excluding hydrogens is 488 g/mol. The summed E-state index contributed by atoms with van der Waals surface area (Å²) in [6.07, 6.45) is 4.29. The first-order valence-corrected chi connectivity index (χ1v) is 11.5. The smallest absolute Gasteiger partial charge is 0.277 e. The maximum atomic E-state index is 13.9. The van der Waals surface area contributed by atoms with Gasteiger partial charge in [-0.1, -0.05) is 32.4 Å². The van der Waals surface area contributed by atoms with Gasteiger partial charge in [-0.05, 0) is 32.4 Å². The molecular formula is C26H28ClF2N5O2. The number of ether oxygens (including phenoxy) is 1. The Morgan fingerprint density at radius 3 is 2.53 bits per heavy atom. The van der Waals surface area contributed by atoms with Gasteiger partial charge in [-0.2, -0.15) is 0 Å². The molecule has 0 aliphatic heterocycles. The zero-order valence-corrected chi connectivity index (χ0v) is 21.7. The van der Waals surface area contributed by atoms with Crippen LogP contribution in [0.3, 0.4) is 0 Å². The fraction of sp³-hybridized carbons (Fsp3) is 0.308. The SMILES string of the molecule is CC(C=C(N)C(C)(C)C)=Nc1cc(-n2c(C)cc(OCc3ncc(F)cc3F)c(Cl)c2=O)c(C)cn1. The van der Waals surface area contributed by atoms with Crippen LogP contribution in [0.2, 0.25) is 5.02 Å². The zero-order chi connectivity index (χ0) is 26.8. The minimum atomic E-state index is -0.855. The van der Waals surface area contributed by atoms with E-state index >= 15 is 0 Å². The van der Waals surface area contributed by atoms with Gasteiger partial charge in [0.15, 0.2) is 11.6 Å². The van der Waals surface area contributed by atoms with E-state index in [9.17, 15) is 13.6 Å². The quantitative estimate of drug-likeness (QED) is 0.422. The molecule has 0 aliphatic carbocycles. The number of aromatic nitrogens is 3. The van der Waals surface area contributed by atoms with E-state index in [1.807, 2.05) is 34.6 Å². The lowest BCUT2D eigenvalue weighted by molar-refractivity contribution is 0.292. The lowest BCUT2D eigenvalue weighted by atomic mass is 9.92. The highest BCUT2D eigenvalue weighted by Gasteiger charge is 2.17. The van der Waals surface area contributed by atoms with Crippen molar-refractivity contribution in [2.45, 2.75) is 48.1 Å². The number of allylic oxidation sites excluding steroid dienone is 2. The molecule has 3 rings (SSSR count). The highest BCUT2D eigenvalue weighted by Crippen LogP contribution is 2.27. The monoisotopic (exact) mass is 515 g/mol. The first kappa shape index (κ1) is 27.0. The molecule has 0 unspecified atom stereocenters. The predicted octanol–water partition coefficient (Wildman–Crippen LogP) is 5.74. The van der Waals surface area contributed by atoms with Gasteiger partial charge in [0.05, 0.1) is 11.9 Å². The van der Waals surface area contributed by atoms with Gasteiger partial charge in [0, 0.05) is 46.9 Å². The van der Waals surface area contributed by atoms with Crippen LogP contribution in [0.5, 0.6) is 5.75 Å². The van der Waals surface area contributed by atoms with Crippen molar-refractivity contribution in [2.24, 2.45) is 16.1 Å². The molecule has 3 heterocycles. The Morgan fingerprint density at radius 2 is 1.89 bits per heavy atom. The largest absolute Gasteiger partial charge is 0.485 e. The second kappa shape index (κ2) is 10.6. The third kappa shape index (κ3) is 6.15. The molecule has 0 fully saturated rings. The van der Waals surface area contributed by atoms with Crippen molar-refractivity contribution in [3.63, 3.8) is 0 Å². The van der Waals surface area contributed by atoms with Crippen molar-refractivity contribution in [2.75, 3.05) is 0 Å². The number of hydrogen-bond donors (Lipinski definition) is 1. The van der Waals surface area contributed by atoms with E-state index in [0.29, 0.717) is 34.7 Å². The summed E-state index contributed by atoms with van der Waals surface area (Å²) in [6, 6.07) is 3.95. The van der Waals surface area contributed by atoms with Gasteiger partial charge in [-0.25, -0.2) is 18.8 Å². The van der Waals surface area contributed by atoms with Crippen LogP contribution in [-0.4, -0.2) is 20.2 Å². The van der Waals surface area contributed by atoms with E-state index in [1.54, 1.807) is 31.3 Å². The van der Waals surface area contributed by atoms with Crippen LogP contribution < -0.4 is 16.0 Å². The van der Waals surface area contributed by atoms with Crippen LogP contribution in [0, 0.1) is 30.9 Å². The summed E-state index contributed by atoms with van der Waals surface area (Å²) in [5.74, 6) is -1.20. The van der Waals surface area contributed by atoms with Gasteiger partial charge in [0.1, 0.15) is 28.9 Å². The summed E-state index contributed by atoms with van der Waals surface area (Å²) in [6.45, 7) is 11.0. The number of pyridine rings is 3. The number of aliphatic imine (C=N–C) groups is 1. The fourth-order valence-corrected chi connectivity index (χ4v) is 3.43. The van der Waals surface area contributed by atoms with Crippen molar-refractivity contribution < 1.29 is 13.5 Å². The lowest BCUT2D eigenvalue weighted by Gasteiger charge is -2.18. The first-order chi connectivity index (χ1) is 16.8. The molecule has 3 aromatic heterocycles. The summed E-state index contributed by atoms with van der Waals surface area (Å²) in [5.41, 5.74) is 8.44. The number of nitrogens with zero attached hydrogens (tertiary/aromatic N) is 4. The molecule has 7 nitrogen and oxygen atoms in total. The van der Waals surface area contributed by atoms with Crippen LogP contribution >= 0.6 is 11.6 Å². The number of rotatable bonds is 6. The van der Waals surface area contributed by atoms with Gasteiger partial charge in [0.2, 0.25) is 0 Å².